The van der Waals surface area contributed by atoms with Crippen LogP contribution in [0, 0.1) is 26.6 Å². The van der Waals surface area contributed by atoms with Gasteiger partial charge >= 0.3 is 0 Å². The van der Waals surface area contributed by atoms with Crippen molar-refractivity contribution in [3.05, 3.63) is 40.8 Å². The van der Waals surface area contributed by atoms with Gasteiger partial charge in [-0.1, -0.05) is 18.2 Å². The summed E-state index contributed by atoms with van der Waals surface area (Å²) in [5.74, 6) is -0.171. The molecule has 1 aromatic heterocycles. The van der Waals surface area contributed by atoms with Gasteiger partial charge in [-0.3, -0.25) is 0 Å². The van der Waals surface area contributed by atoms with Crippen LogP contribution in [-0.2, 0) is 0 Å². The van der Waals surface area contributed by atoms with E-state index in [1.165, 1.54) is 0 Å². The van der Waals surface area contributed by atoms with Crippen molar-refractivity contribution in [3.8, 4) is 11.4 Å². The zero-order valence-electron chi connectivity index (χ0n) is 10.1. The van der Waals surface area contributed by atoms with Crippen LogP contribution in [0.1, 0.15) is 16.8 Å². The van der Waals surface area contributed by atoms with E-state index in [1.54, 1.807) is 6.92 Å². The maximum atomic E-state index is 13.4. The molecule has 0 amide bonds. The molecule has 0 saturated heterocycles. The SMILES string of the molecule is Cc1cccc(-c2nc(C)c(F)c(N)n2)c1C. The Morgan fingerprint density at radius 1 is 1.12 bits per heavy atom. The second-order valence-corrected chi connectivity index (χ2v) is 4.08. The molecule has 1 aromatic carbocycles. The molecular weight excluding hydrogens is 217 g/mol. The van der Waals surface area contributed by atoms with E-state index < -0.39 is 5.82 Å². The van der Waals surface area contributed by atoms with Gasteiger partial charge in [0.1, 0.15) is 0 Å². The van der Waals surface area contributed by atoms with Crippen LogP contribution in [0.5, 0.6) is 0 Å². The quantitative estimate of drug-likeness (QED) is 0.821. The van der Waals surface area contributed by atoms with E-state index in [0.29, 0.717) is 5.82 Å². The lowest BCUT2D eigenvalue weighted by Crippen LogP contribution is -2.03. The maximum Gasteiger partial charge on any atom is 0.186 e. The van der Waals surface area contributed by atoms with E-state index in [1.807, 2.05) is 32.0 Å². The Hall–Kier alpha value is -1.97. The van der Waals surface area contributed by atoms with Crippen LogP contribution in [0.3, 0.4) is 0 Å². The molecule has 17 heavy (non-hydrogen) atoms. The fourth-order valence-electron chi connectivity index (χ4n) is 1.70. The predicted octanol–water partition coefficient (Wildman–Crippen LogP) is 2.79. The molecule has 0 aliphatic carbocycles. The fourth-order valence-corrected chi connectivity index (χ4v) is 1.70. The van der Waals surface area contributed by atoms with Crippen molar-refractivity contribution in [2.24, 2.45) is 0 Å². The van der Waals surface area contributed by atoms with Crippen molar-refractivity contribution in [2.45, 2.75) is 20.8 Å². The molecule has 0 bridgehead atoms. The number of nitrogen functional groups attached to an aromatic ring is 1. The minimum atomic E-state index is -0.543. The second-order valence-electron chi connectivity index (χ2n) is 4.08. The highest BCUT2D eigenvalue weighted by Gasteiger charge is 2.12. The summed E-state index contributed by atoms with van der Waals surface area (Å²) in [4.78, 5) is 8.14. The average molecular weight is 231 g/mol. The third-order valence-electron chi connectivity index (χ3n) is 2.89. The molecule has 0 saturated carbocycles. The highest BCUT2D eigenvalue weighted by molar-refractivity contribution is 5.63. The van der Waals surface area contributed by atoms with Gasteiger partial charge in [-0.25, -0.2) is 14.4 Å². The van der Waals surface area contributed by atoms with Gasteiger partial charge in [0.2, 0.25) is 0 Å². The molecule has 0 aliphatic rings. The van der Waals surface area contributed by atoms with Crippen LogP contribution < -0.4 is 5.73 Å². The zero-order chi connectivity index (χ0) is 12.6. The number of nitrogens with zero attached hydrogens (tertiary/aromatic N) is 2. The van der Waals surface area contributed by atoms with Crippen molar-refractivity contribution in [1.82, 2.24) is 9.97 Å². The third kappa shape index (κ3) is 1.98. The molecule has 0 aliphatic heterocycles. The van der Waals surface area contributed by atoms with Crippen LogP contribution in [0.15, 0.2) is 18.2 Å². The first-order chi connectivity index (χ1) is 8.00. The first-order valence-electron chi connectivity index (χ1n) is 5.37. The van der Waals surface area contributed by atoms with E-state index in [0.717, 1.165) is 16.7 Å². The Morgan fingerprint density at radius 2 is 1.82 bits per heavy atom. The first kappa shape index (κ1) is 11.5. The highest BCUT2D eigenvalue weighted by Crippen LogP contribution is 2.24. The minimum Gasteiger partial charge on any atom is -0.381 e. The van der Waals surface area contributed by atoms with Gasteiger partial charge < -0.3 is 5.73 Å². The number of hydrogen-bond donors (Lipinski definition) is 1. The molecule has 0 fully saturated rings. The van der Waals surface area contributed by atoms with Gasteiger partial charge in [-0.2, -0.15) is 0 Å². The Kier molecular flexibility index (Phi) is 2.79. The van der Waals surface area contributed by atoms with Gasteiger partial charge in [-0.15, -0.1) is 0 Å². The van der Waals surface area contributed by atoms with E-state index in [2.05, 4.69) is 9.97 Å². The number of halogens is 1. The normalized spacial score (nSPS) is 10.6. The molecule has 2 aromatic rings. The molecule has 0 radical (unpaired) electrons. The average Bonchev–Trinajstić information content (AvgIpc) is 2.29. The predicted molar refractivity (Wildman–Crippen MR) is 66.0 cm³/mol. The first-order valence-corrected chi connectivity index (χ1v) is 5.37. The van der Waals surface area contributed by atoms with Gasteiger partial charge in [-0.05, 0) is 31.9 Å². The smallest absolute Gasteiger partial charge is 0.186 e. The second kappa shape index (κ2) is 4.13. The van der Waals surface area contributed by atoms with Crippen LogP contribution >= 0.6 is 0 Å². The standard InChI is InChI=1S/C13H14FN3/c1-7-5-4-6-10(8(7)2)13-16-9(3)11(14)12(15)17-13/h4-6H,1-3H3,(H2,15,16,17). The number of aryl methyl sites for hydroxylation is 2. The summed E-state index contributed by atoms with van der Waals surface area (Å²) in [5.41, 5.74) is 8.91. The van der Waals surface area contributed by atoms with Crippen LogP contribution in [0.4, 0.5) is 10.2 Å². The van der Waals surface area contributed by atoms with Crippen LogP contribution in [0.2, 0.25) is 0 Å². The summed E-state index contributed by atoms with van der Waals surface area (Å²) in [7, 11) is 0. The lowest BCUT2D eigenvalue weighted by molar-refractivity contribution is 0.608. The molecule has 4 heteroatoms. The molecule has 88 valence electrons. The summed E-state index contributed by atoms with van der Waals surface area (Å²) < 4.78 is 13.4. The number of rotatable bonds is 1. The number of hydrogen-bond acceptors (Lipinski definition) is 3. The van der Waals surface area contributed by atoms with Gasteiger partial charge in [0.25, 0.3) is 0 Å². The lowest BCUT2D eigenvalue weighted by Gasteiger charge is -2.09. The summed E-state index contributed by atoms with van der Waals surface area (Å²) in [6.07, 6.45) is 0. The summed E-state index contributed by atoms with van der Waals surface area (Å²) >= 11 is 0. The third-order valence-corrected chi connectivity index (χ3v) is 2.89. The molecule has 0 unspecified atom stereocenters. The van der Waals surface area contributed by atoms with Crippen molar-refractivity contribution in [1.29, 1.82) is 0 Å². The topological polar surface area (TPSA) is 51.8 Å². The van der Waals surface area contributed by atoms with Crippen molar-refractivity contribution < 1.29 is 4.39 Å². The largest absolute Gasteiger partial charge is 0.381 e. The molecule has 3 nitrogen and oxygen atoms in total. The molecule has 2 rings (SSSR count). The van der Waals surface area contributed by atoms with Gasteiger partial charge in [0, 0.05) is 5.56 Å². The van der Waals surface area contributed by atoms with E-state index in [4.69, 9.17) is 5.73 Å². The number of benzene rings is 1. The lowest BCUT2D eigenvalue weighted by atomic mass is 10.0. The molecule has 0 atom stereocenters. The zero-order valence-corrected chi connectivity index (χ0v) is 10.1. The van der Waals surface area contributed by atoms with Crippen molar-refractivity contribution in [2.75, 3.05) is 5.73 Å². The van der Waals surface area contributed by atoms with E-state index in [9.17, 15) is 4.39 Å². The fraction of sp³-hybridized carbons (Fsp3) is 0.231. The van der Waals surface area contributed by atoms with E-state index >= 15 is 0 Å². The Balaban J connectivity index is 2.65. The number of nitrogens with two attached hydrogens (primary N) is 1. The van der Waals surface area contributed by atoms with Gasteiger partial charge in [0.15, 0.2) is 17.5 Å². The Morgan fingerprint density at radius 3 is 2.47 bits per heavy atom. The number of aromatic nitrogens is 2. The molecule has 1 heterocycles. The molecule has 0 spiro atoms. The Labute approximate surface area is 99.5 Å². The summed E-state index contributed by atoms with van der Waals surface area (Å²) in [5, 5.41) is 0. The van der Waals surface area contributed by atoms with Crippen molar-refractivity contribution >= 4 is 5.82 Å². The minimum absolute atomic E-state index is 0.103. The summed E-state index contributed by atoms with van der Waals surface area (Å²) in [6, 6.07) is 5.85. The van der Waals surface area contributed by atoms with Crippen LogP contribution in [0.25, 0.3) is 11.4 Å². The highest BCUT2D eigenvalue weighted by atomic mass is 19.1. The van der Waals surface area contributed by atoms with Crippen LogP contribution in [-0.4, -0.2) is 9.97 Å². The maximum absolute atomic E-state index is 13.4. The number of anilines is 1. The van der Waals surface area contributed by atoms with E-state index in [-0.39, 0.29) is 11.5 Å². The Bertz CT molecular complexity index is 556. The summed E-state index contributed by atoms with van der Waals surface area (Å²) in [6.45, 7) is 5.59. The van der Waals surface area contributed by atoms with Gasteiger partial charge in [0.05, 0.1) is 5.69 Å². The monoisotopic (exact) mass is 231 g/mol. The van der Waals surface area contributed by atoms with Crippen molar-refractivity contribution in [3.63, 3.8) is 0 Å². The molecule has 2 N–H and O–H groups in total. The molecular formula is C13H14FN3.